The number of anilines is 1. The van der Waals surface area contributed by atoms with Crippen LogP contribution >= 0.6 is 0 Å². The first-order valence-electron chi connectivity index (χ1n) is 6.97. The minimum atomic E-state index is -0.296. The lowest BCUT2D eigenvalue weighted by Crippen LogP contribution is -2.55. The Hall–Kier alpha value is -1.93. The summed E-state index contributed by atoms with van der Waals surface area (Å²) < 4.78 is 7.38. The normalized spacial score (nSPS) is 21.9. The van der Waals surface area contributed by atoms with Gasteiger partial charge in [0.15, 0.2) is 5.65 Å². The lowest BCUT2D eigenvalue weighted by molar-refractivity contribution is -0.0790. The molecule has 8 heteroatoms. The Morgan fingerprint density at radius 2 is 2.33 bits per heavy atom. The fourth-order valence-corrected chi connectivity index (χ4v) is 2.84. The first-order valence-corrected chi connectivity index (χ1v) is 6.97. The summed E-state index contributed by atoms with van der Waals surface area (Å²) in [5.41, 5.74) is 5.75. The number of H-pyrrole nitrogens is 1. The summed E-state index contributed by atoms with van der Waals surface area (Å²) in [6.07, 6.45) is -0.0338. The van der Waals surface area contributed by atoms with Crippen molar-refractivity contribution in [1.29, 1.82) is 0 Å². The van der Waals surface area contributed by atoms with Gasteiger partial charge in [-0.2, -0.15) is 5.10 Å². The average Bonchev–Trinajstić information content (AvgIpc) is 2.79. The minimum absolute atomic E-state index is 0.0338. The molecule has 0 spiro atoms. The van der Waals surface area contributed by atoms with Crippen LogP contribution in [0.3, 0.4) is 0 Å². The van der Waals surface area contributed by atoms with E-state index in [1.165, 1.54) is 4.40 Å². The maximum Gasteiger partial charge on any atom is 0.349 e. The molecular weight excluding hydrogens is 272 g/mol. The minimum Gasteiger partial charge on any atom is -0.367 e. The molecule has 1 saturated heterocycles. The molecule has 3 rings (SSSR count). The number of hydrogen-bond acceptors (Lipinski definition) is 6. The number of nitrogens with zero attached hydrogens (tertiary/aromatic N) is 4. The van der Waals surface area contributed by atoms with Crippen molar-refractivity contribution < 1.29 is 4.74 Å². The number of morpholine rings is 1. The Morgan fingerprint density at radius 1 is 1.57 bits per heavy atom. The van der Waals surface area contributed by atoms with Gasteiger partial charge in [0.05, 0.1) is 11.7 Å². The molecular formula is C13H20N6O2. The fourth-order valence-electron chi connectivity index (χ4n) is 2.84. The maximum atomic E-state index is 11.6. The summed E-state index contributed by atoms with van der Waals surface area (Å²) in [5, 5.41) is 6.45. The zero-order chi connectivity index (χ0) is 15.2. The van der Waals surface area contributed by atoms with Gasteiger partial charge in [-0.25, -0.2) is 19.3 Å². The first-order chi connectivity index (χ1) is 9.89. The monoisotopic (exact) mass is 292 g/mol. The van der Waals surface area contributed by atoms with Crippen molar-refractivity contribution >= 4 is 11.5 Å². The van der Waals surface area contributed by atoms with Gasteiger partial charge in [-0.15, -0.1) is 0 Å². The van der Waals surface area contributed by atoms with Gasteiger partial charge in [-0.3, -0.25) is 0 Å². The molecule has 21 heavy (non-hydrogen) atoms. The number of hydrogen-bond donors (Lipinski definition) is 2. The third-order valence-corrected chi connectivity index (χ3v) is 3.62. The lowest BCUT2D eigenvalue weighted by Gasteiger charge is -2.43. The van der Waals surface area contributed by atoms with Gasteiger partial charge < -0.3 is 15.4 Å². The van der Waals surface area contributed by atoms with Crippen LogP contribution in [0.4, 0.5) is 5.82 Å². The predicted molar refractivity (Wildman–Crippen MR) is 78.6 cm³/mol. The highest BCUT2D eigenvalue weighted by molar-refractivity contribution is 5.52. The molecule has 0 aromatic carbocycles. The van der Waals surface area contributed by atoms with Crippen molar-refractivity contribution in [3.8, 4) is 0 Å². The Bertz CT molecular complexity index is 719. The molecule has 3 heterocycles. The van der Waals surface area contributed by atoms with Crippen LogP contribution in [0.1, 0.15) is 19.7 Å². The van der Waals surface area contributed by atoms with Crippen LogP contribution in [-0.4, -0.2) is 50.9 Å². The first kappa shape index (κ1) is 14.0. The molecule has 2 aromatic heterocycles. The van der Waals surface area contributed by atoms with Crippen LogP contribution in [-0.2, 0) is 4.74 Å². The quantitative estimate of drug-likeness (QED) is 0.786. The number of rotatable bonds is 2. The van der Waals surface area contributed by atoms with Crippen LogP contribution in [0.2, 0.25) is 0 Å². The summed E-state index contributed by atoms with van der Waals surface area (Å²) in [6.45, 7) is 7.71. The molecule has 0 aliphatic carbocycles. The molecule has 0 bridgehead atoms. The Morgan fingerprint density at radius 3 is 3.05 bits per heavy atom. The summed E-state index contributed by atoms with van der Waals surface area (Å²) in [5.74, 6) is 1.39. The highest BCUT2D eigenvalue weighted by Crippen LogP contribution is 2.25. The van der Waals surface area contributed by atoms with Crippen LogP contribution in [0.5, 0.6) is 0 Å². The number of aryl methyl sites for hydroxylation is 1. The van der Waals surface area contributed by atoms with E-state index in [0.717, 1.165) is 5.82 Å². The number of nitrogens with one attached hydrogen (secondary N) is 1. The van der Waals surface area contributed by atoms with Gasteiger partial charge in [0.2, 0.25) is 0 Å². The number of aromatic nitrogens is 4. The van der Waals surface area contributed by atoms with E-state index in [0.29, 0.717) is 31.1 Å². The molecule has 1 aliphatic rings. The largest absolute Gasteiger partial charge is 0.367 e. The van der Waals surface area contributed by atoms with Crippen LogP contribution in [0, 0.1) is 6.92 Å². The second kappa shape index (κ2) is 4.81. The summed E-state index contributed by atoms with van der Waals surface area (Å²) in [7, 11) is 0. The molecule has 0 amide bonds. The SMILES string of the molecule is Cc1nc(N2CC(CN)OC(C)(C)C2)cc2n[nH]c(=O)n12. The highest BCUT2D eigenvalue weighted by atomic mass is 16.5. The lowest BCUT2D eigenvalue weighted by atomic mass is 10.1. The molecule has 8 nitrogen and oxygen atoms in total. The second-order valence-electron chi connectivity index (χ2n) is 6.00. The fraction of sp³-hybridized carbons (Fsp3) is 0.615. The summed E-state index contributed by atoms with van der Waals surface area (Å²) in [6, 6.07) is 1.81. The number of nitrogens with two attached hydrogens (primary N) is 1. The van der Waals surface area contributed by atoms with Crippen molar-refractivity contribution in [1.82, 2.24) is 19.6 Å². The topological polar surface area (TPSA) is 102 Å². The smallest absolute Gasteiger partial charge is 0.349 e. The standard InChI is InChI=1S/C13H20N6O2/c1-8-15-10(4-11-16-17-12(20)19(8)11)18-6-9(5-14)21-13(2,3)7-18/h4,9H,5-7,14H2,1-3H3,(H,17,20). The zero-order valence-corrected chi connectivity index (χ0v) is 12.5. The molecule has 1 atom stereocenters. The zero-order valence-electron chi connectivity index (χ0n) is 12.5. The Labute approximate surface area is 121 Å². The van der Waals surface area contributed by atoms with Crippen LogP contribution in [0.15, 0.2) is 10.9 Å². The van der Waals surface area contributed by atoms with Crippen LogP contribution < -0.4 is 16.3 Å². The van der Waals surface area contributed by atoms with Crippen molar-refractivity contribution in [2.75, 3.05) is 24.5 Å². The third-order valence-electron chi connectivity index (χ3n) is 3.62. The van der Waals surface area contributed by atoms with E-state index < -0.39 is 0 Å². The van der Waals surface area contributed by atoms with E-state index in [1.807, 2.05) is 13.8 Å². The second-order valence-corrected chi connectivity index (χ2v) is 6.00. The number of fused-ring (bicyclic) bond motifs is 1. The van der Waals surface area contributed by atoms with E-state index >= 15 is 0 Å². The predicted octanol–water partition coefficient (Wildman–Crippen LogP) is -0.331. The average molecular weight is 292 g/mol. The van der Waals surface area contributed by atoms with Gasteiger partial charge >= 0.3 is 5.69 Å². The Kier molecular flexibility index (Phi) is 3.22. The summed E-state index contributed by atoms with van der Waals surface area (Å²) >= 11 is 0. The maximum absolute atomic E-state index is 11.6. The molecule has 114 valence electrons. The van der Waals surface area contributed by atoms with Gasteiger partial charge in [-0.05, 0) is 20.8 Å². The van der Waals surface area contributed by atoms with E-state index in [-0.39, 0.29) is 17.4 Å². The summed E-state index contributed by atoms with van der Waals surface area (Å²) in [4.78, 5) is 18.3. The molecule has 0 radical (unpaired) electrons. The van der Waals surface area contributed by atoms with Gasteiger partial charge in [0, 0.05) is 25.7 Å². The molecule has 0 saturated carbocycles. The van der Waals surface area contributed by atoms with E-state index in [1.54, 1.807) is 13.0 Å². The van der Waals surface area contributed by atoms with Crippen molar-refractivity contribution in [2.45, 2.75) is 32.5 Å². The molecule has 1 unspecified atom stereocenters. The molecule has 3 N–H and O–H groups in total. The Balaban J connectivity index is 2.01. The molecule has 1 aliphatic heterocycles. The van der Waals surface area contributed by atoms with E-state index in [4.69, 9.17) is 10.5 Å². The van der Waals surface area contributed by atoms with Crippen molar-refractivity contribution in [3.05, 3.63) is 22.4 Å². The highest BCUT2D eigenvalue weighted by Gasteiger charge is 2.33. The van der Waals surface area contributed by atoms with Gasteiger partial charge in [0.25, 0.3) is 0 Å². The van der Waals surface area contributed by atoms with Gasteiger partial charge in [-0.1, -0.05) is 0 Å². The van der Waals surface area contributed by atoms with Crippen molar-refractivity contribution in [3.63, 3.8) is 0 Å². The van der Waals surface area contributed by atoms with Gasteiger partial charge in [0.1, 0.15) is 11.6 Å². The third kappa shape index (κ3) is 2.52. The number of ether oxygens (including phenoxy) is 1. The van der Waals surface area contributed by atoms with E-state index in [9.17, 15) is 4.79 Å². The van der Waals surface area contributed by atoms with Crippen LogP contribution in [0.25, 0.3) is 5.65 Å². The molecule has 2 aromatic rings. The molecule has 1 fully saturated rings. The van der Waals surface area contributed by atoms with Crippen molar-refractivity contribution in [2.24, 2.45) is 5.73 Å². The number of aromatic amines is 1. The van der Waals surface area contributed by atoms with E-state index in [2.05, 4.69) is 20.1 Å².